The van der Waals surface area contributed by atoms with Crippen molar-refractivity contribution in [2.24, 2.45) is 0 Å². The molecule has 0 spiro atoms. The van der Waals surface area contributed by atoms with Crippen molar-refractivity contribution >= 4 is 0 Å². The first-order valence-electron chi connectivity index (χ1n) is 4.86. The lowest BCUT2D eigenvalue weighted by Crippen LogP contribution is -1.92. The van der Waals surface area contributed by atoms with E-state index in [9.17, 15) is 8.78 Å². The second-order valence-corrected chi connectivity index (χ2v) is 3.45. The number of aromatic nitrogens is 1. The van der Waals surface area contributed by atoms with Crippen molar-refractivity contribution in [2.45, 2.75) is 12.8 Å². The monoisotopic (exact) mass is 222 g/mol. The topological polar surface area (TPSA) is 26.0 Å². The molecule has 16 heavy (non-hydrogen) atoms. The molecule has 2 nitrogen and oxygen atoms in total. The van der Waals surface area contributed by atoms with Crippen LogP contribution in [0.15, 0.2) is 28.8 Å². The fraction of sp³-hybridized carbons (Fsp3) is 0.167. The molecule has 0 fully saturated rings. The summed E-state index contributed by atoms with van der Waals surface area (Å²) in [5, 5.41) is 3.73. The third kappa shape index (κ3) is 2.27. The number of benzene rings is 1. The van der Waals surface area contributed by atoms with Gasteiger partial charge in [-0.15, -0.1) is 0 Å². The maximum Gasteiger partial charge on any atom is 0.141 e. The Hall–Kier alpha value is -1.71. The molecule has 0 N–H and O–H groups in total. The number of hydrogen-bond donors (Lipinski definition) is 0. The molecule has 2 rings (SSSR count). The highest BCUT2D eigenvalue weighted by atomic mass is 19.1. The Morgan fingerprint density at radius 1 is 1.25 bits per heavy atom. The summed E-state index contributed by atoms with van der Waals surface area (Å²) in [6.07, 6.45) is 0.700. The first-order valence-corrected chi connectivity index (χ1v) is 4.86. The minimum Gasteiger partial charge on any atom is -0.361 e. The van der Waals surface area contributed by atoms with Crippen molar-refractivity contribution in [3.8, 4) is 0 Å². The Bertz CT molecular complexity index is 494. The van der Waals surface area contributed by atoms with Gasteiger partial charge in [0.25, 0.3) is 0 Å². The van der Waals surface area contributed by atoms with E-state index < -0.39 is 11.6 Å². The molecule has 0 aliphatic rings. The van der Waals surface area contributed by atoms with Crippen LogP contribution in [0.2, 0.25) is 0 Å². The third-order valence-corrected chi connectivity index (χ3v) is 2.24. The Kier molecular flexibility index (Phi) is 2.99. The van der Waals surface area contributed by atoms with Crippen LogP contribution in [0.1, 0.15) is 17.0 Å². The average Bonchev–Trinajstić information content (AvgIpc) is 2.71. The molecular weight excluding hydrogens is 212 g/mol. The van der Waals surface area contributed by atoms with E-state index in [4.69, 9.17) is 4.52 Å². The normalized spacial score (nSPS) is 10.7. The van der Waals surface area contributed by atoms with E-state index in [0.717, 1.165) is 18.2 Å². The molecule has 2 aromatic rings. The second kappa shape index (κ2) is 4.43. The highest BCUT2D eigenvalue weighted by molar-refractivity contribution is 5.23. The van der Waals surface area contributed by atoms with Gasteiger partial charge < -0.3 is 4.52 Å². The molecule has 1 heterocycles. The predicted octanol–water partition coefficient (Wildman–Crippen LogP) is 2.92. The van der Waals surface area contributed by atoms with E-state index in [-0.39, 0.29) is 12.0 Å². The Balaban J connectivity index is 2.22. The van der Waals surface area contributed by atoms with Gasteiger partial charge in [0.1, 0.15) is 17.4 Å². The quantitative estimate of drug-likeness (QED) is 0.798. The summed E-state index contributed by atoms with van der Waals surface area (Å²) < 4.78 is 31.2. The van der Waals surface area contributed by atoms with E-state index in [1.54, 1.807) is 6.07 Å². The molecule has 0 saturated heterocycles. The lowest BCUT2D eigenvalue weighted by Gasteiger charge is -1.99. The zero-order valence-corrected chi connectivity index (χ0v) is 8.54. The van der Waals surface area contributed by atoms with Crippen LogP contribution in [-0.4, -0.2) is 5.16 Å². The molecule has 1 aromatic carbocycles. The summed E-state index contributed by atoms with van der Waals surface area (Å²) >= 11 is 0. The number of rotatable bonds is 3. The molecule has 4 heteroatoms. The van der Waals surface area contributed by atoms with Gasteiger partial charge in [0.05, 0.1) is 5.69 Å². The molecule has 1 radical (unpaired) electrons. The molecule has 0 unspecified atom stereocenters. The summed E-state index contributed by atoms with van der Waals surface area (Å²) in [7, 11) is 0. The van der Waals surface area contributed by atoms with Gasteiger partial charge >= 0.3 is 0 Å². The standard InChI is InChI=1S/C12H10F2NO/c1-2-10-7-11(16-15-10)6-8-5-9(13)3-4-12(8)14/h3-5,7H,1-2,6H2. The molecule has 0 aliphatic heterocycles. The van der Waals surface area contributed by atoms with Crippen molar-refractivity contribution in [1.82, 2.24) is 5.16 Å². The van der Waals surface area contributed by atoms with Gasteiger partial charge in [0, 0.05) is 12.5 Å². The van der Waals surface area contributed by atoms with Crippen LogP contribution in [0.4, 0.5) is 8.78 Å². The molecule has 0 aliphatic carbocycles. The van der Waals surface area contributed by atoms with Crippen LogP contribution in [0.25, 0.3) is 0 Å². The van der Waals surface area contributed by atoms with Crippen LogP contribution in [0.3, 0.4) is 0 Å². The maximum absolute atomic E-state index is 13.3. The fourth-order valence-electron chi connectivity index (χ4n) is 1.42. The lowest BCUT2D eigenvalue weighted by molar-refractivity contribution is 0.383. The number of halogens is 2. The Morgan fingerprint density at radius 2 is 2.06 bits per heavy atom. The first-order chi connectivity index (χ1) is 7.69. The van der Waals surface area contributed by atoms with Crippen molar-refractivity contribution in [2.75, 3.05) is 0 Å². The van der Waals surface area contributed by atoms with Gasteiger partial charge in [-0.1, -0.05) is 5.16 Å². The third-order valence-electron chi connectivity index (χ3n) is 2.24. The SMILES string of the molecule is [CH2]Cc1cc(Cc2cc(F)ccc2F)on1. The van der Waals surface area contributed by atoms with E-state index >= 15 is 0 Å². The predicted molar refractivity (Wildman–Crippen MR) is 54.7 cm³/mol. The number of hydrogen-bond acceptors (Lipinski definition) is 2. The molecule has 0 bridgehead atoms. The van der Waals surface area contributed by atoms with Gasteiger partial charge in [-0.25, -0.2) is 8.78 Å². The average molecular weight is 222 g/mol. The van der Waals surface area contributed by atoms with E-state index in [1.807, 2.05) is 0 Å². The summed E-state index contributed by atoms with van der Waals surface area (Å²) in [6.45, 7) is 3.65. The fourth-order valence-corrected chi connectivity index (χ4v) is 1.42. The zero-order valence-electron chi connectivity index (χ0n) is 8.54. The molecule has 0 amide bonds. The smallest absolute Gasteiger partial charge is 0.141 e. The van der Waals surface area contributed by atoms with Gasteiger partial charge in [-0.3, -0.25) is 0 Å². The van der Waals surface area contributed by atoms with E-state index in [2.05, 4.69) is 12.1 Å². The molecule has 83 valence electrons. The number of nitrogens with zero attached hydrogens (tertiary/aromatic N) is 1. The van der Waals surface area contributed by atoms with Crippen molar-refractivity contribution in [1.29, 1.82) is 0 Å². The van der Waals surface area contributed by atoms with Gasteiger partial charge in [-0.2, -0.15) is 0 Å². The van der Waals surface area contributed by atoms with Crippen LogP contribution >= 0.6 is 0 Å². The van der Waals surface area contributed by atoms with Gasteiger partial charge in [0.2, 0.25) is 0 Å². The van der Waals surface area contributed by atoms with Crippen LogP contribution in [0, 0.1) is 18.6 Å². The van der Waals surface area contributed by atoms with Crippen LogP contribution in [-0.2, 0) is 12.8 Å². The Morgan fingerprint density at radius 3 is 2.75 bits per heavy atom. The Labute approximate surface area is 91.9 Å². The van der Waals surface area contributed by atoms with E-state index in [1.165, 1.54) is 0 Å². The largest absolute Gasteiger partial charge is 0.361 e. The van der Waals surface area contributed by atoms with Crippen molar-refractivity contribution in [3.63, 3.8) is 0 Å². The molecule has 0 saturated carbocycles. The van der Waals surface area contributed by atoms with Crippen LogP contribution < -0.4 is 0 Å². The summed E-state index contributed by atoms with van der Waals surface area (Å²) in [4.78, 5) is 0. The summed E-state index contributed by atoms with van der Waals surface area (Å²) in [6, 6.07) is 5.03. The molecule has 1 aromatic heterocycles. The second-order valence-electron chi connectivity index (χ2n) is 3.45. The molecular formula is C12H10F2NO. The summed E-state index contributed by atoms with van der Waals surface area (Å²) in [5.41, 5.74) is 0.957. The first kappa shape index (κ1) is 10.8. The minimum atomic E-state index is -0.465. The molecule has 0 atom stereocenters. The van der Waals surface area contributed by atoms with Gasteiger partial charge in [0.15, 0.2) is 0 Å². The minimum absolute atomic E-state index is 0.191. The summed E-state index contributed by atoms with van der Waals surface area (Å²) in [5.74, 6) is -0.412. The van der Waals surface area contributed by atoms with Crippen molar-refractivity contribution in [3.05, 3.63) is 59.8 Å². The van der Waals surface area contributed by atoms with Crippen LogP contribution in [0.5, 0.6) is 0 Å². The highest BCUT2D eigenvalue weighted by Gasteiger charge is 2.08. The maximum atomic E-state index is 13.3. The highest BCUT2D eigenvalue weighted by Crippen LogP contribution is 2.15. The van der Waals surface area contributed by atoms with E-state index in [0.29, 0.717) is 17.9 Å². The lowest BCUT2D eigenvalue weighted by atomic mass is 10.1. The van der Waals surface area contributed by atoms with Gasteiger partial charge in [-0.05, 0) is 37.1 Å². The zero-order chi connectivity index (χ0) is 11.5. The van der Waals surface area contributed by atoms with Crippen molar-refractivity contribution < 1.29 is 13.3 Å².